The largest absolute Gasteiger partial charge is 0.458 e. The smallest absolute Gasteiger partial charge is 0.306 e. The van der Waals surface area contributed by atoms with Gasteiger partial charge in [0.15, 0.2) is 10.9 Å². The summed E-state index contributed by atoms with van der Waals surface area (Å²) in [6, 6.07) is 0. The molecule has 0 N–H and O–H groups in total. The van der Waals surface area contributed by atoms with Crippen LogP contribution in [0.15, 0.2) is 11.6 Å². The highest BCUT2D eigenvalue weighted by Gasteiger charge is 2.68. The second kappa shape index (κ2) is 6.45. The first kappa shape index (κ1) is 19.8. The number of hydrogen-bond acceptors (Lipinski definition) is 5. The van der Waals surface area contributed by atoms with Crippen molar-refractivity contribution in [1.82, 2.24) is 0 Å². The zero-order valence-electron chi connectivity index (χ0n) is 17.8. The molecule has 1 heterocycles. The molecule has 1 aliphatic heterocycles. The molecule has 4 nitrogen and oxygen atoms in total. The summed E-state index contributed by atoms with van der Waals surface area (Å²) >= 11 is 1.50. The number of rotatable bonds is 1. The Morgan fingerprint density at radius 2 is 1.83 bits per heavy atom. The first-order valence-corrected chi connectivity index (χ1v) is 12.2. The Morgan fingerprint density at radius 3 is 2.52 bits per heavy atom. The third kappa shape index (κ3) is 2.68. The summed E-state index contributed by atoms with van der Waals surface area (Å²) in [5.41, 5.74) is 1.09. The molecule has 1 spiro atoms. The maximum atomic E-state index is 12.2. The van der Waals surface area contributed by atoms with Crippen molar-refractivity contribution in [3.8, 4) is 0 Å². The van der Waals surface area contributed by atoms with E-state index in [1.807, 2.05) is 6.08 Å². The fraction of sp³-hybridized carbons (Fsp3) is 0.792. The number of carbonyl (C=O) groups excluding carboxylic acids is 3. The van der Waals surface area contributed by atoms with E-state index in [4.69, 9.17) is 4.74 Å². The lowest BCUT2D eigenvalue weighted by molar-refractivity contribution is -0.167. The molecular weight excluding hydrogens is 384 g/mol. The van der Waals surface area contributed by atoms with Crippen LogP contribution >= 0.6 is 11.8 Å². The van der Waals surface area contributed by atoms with Crippen LogP contribution in [-0.4, -0.2) is 27.7 Å². The van der Waals surface area contributed by atoms with Gasteiger partial charge in [0.25, 0.3) is 0 Å². The minimum atomic E-state index is -0.287. The molecule has 0 unspecified atom stereocenters. The number of ether oxygens (including phenoxy) is 1. The summed E-state index contributed by atoms with van der Waals surface area (Å²) in [4.78, 5) is 36.4. The first-order chi connectivity index (χ1) is 13.7. The molecule has 0 radical (unpaired) electrons. The van der Waals surface area contributed by atoms with Gasteiger partial charge in [0, 0.05) is 30.4 Å². The van der Waals surface area contributed by atoms with Crippen molar-refractivity contribution >= 4 is 28.6 Å². The second-order valence-corrected chi connectivity index (χ2v) is 12.1. The van der Waals surface area contributed by atoms with Gasteiger partial charge >= 0.3 is 5.97 Å². The molecule has 1 saturated heterocycles. The number of esters is 1. The average Bonchev–Trinajstić information content (AvgIpc) is 3.17. The predicted molar refractivity (Wildman–Crippen MR) is 112 cm³/mol. The molecule has 7 atom stereocenters. The van der Waals surface area contributed by atoms with Crippen LogP contribution in [0.2, 0.25) is 0 Å². The van der Waals surface area contributed by atoms with Gasteiger partial charge in [0.2, 0.25) is 0 Å². The summed E-state index contributed by atoms with van der Waals surface area (Å²) < 4.78 is 6.06. The summed E-state index contributed by atoms with van der Waals surface area (Å²) in [5.74, 6) is 1.67. The molecule has 0 aromatic carbocycles. The molecule has 5 heteroatoms. The highest BCUT2D eigenvalue weighted by atomic mass is 32.2. The van der Waals surface area contributed by atoms with E-state index in [0.717, 1.165) is 44.9 Å². The van der Waals surface area contributed by atoms with Gasteiger partial charge < -0.3 is 4.74 Å². The van der Waals surface area contributed by atoms with E-state index < -0.39 is 0 Å². The van der Waals surface area contributed by atoms with E-state index >= 15 is 0 Å². The third-order valence-electron chi connectivity index (χ3n) is 9.61. The normalized spacial score (nSPS) is 48.6. The maximum Gasteiger partial charge on any atom is 0.306 e. The SMILES string of the molecule is CC(=O)S[C@H]1CC2=CC(=O)CC[C@@]2(C)[C@H]2CC[C@]3(C)[C@@H](CC[C@@]34CCC(=O)O4)[C@H]12. The van der Waals surface area contributed by atoms with Crippen LogP contribution in [0.4, 0.5) is 0 Å². The van der Waals surface area contributed by atoms with Crippen LogP contribution in [0.25, 0.3) is 0 Å². The molecule has 4 fully saturated rings. The standard InChI is InChI=1S/C24H32O4S/c1-14(25)29-19-13-15-12-16(26)4-8-22(15,2)17-5-9-23(3)18(21(17)19)6-10-24(23)11-7-20(27)28-24/h12,17-19,21H,4-11,13H2,1-3H3/t17-,18-,19-,21+,22+,23+,24+/m0/s1. The summed E-state index contributed by atoms with van der Waals surface area (Å²) in [6.45, 7) is 6.42. The van der Waals surface area contributed by atoms with E-state index in [9.17, 15) is 14.4 Å². The summed E-state index contributed by atoms with van der Waals surface area (Å²) in [7, 11) is 0. The van der Waals surface area contributed by atoms with Gasteiger partial charge in [0.1, 0.15) is 5.60 Å². The predicted octanol–water partition coefficient (Wildman–Crippen LogP) is 4.85. The van der Waals surface area contributed by atoms with Crippen LogP contribution < -0.4 is 0 Å². The Morgan fingerprint density at radius 1 is 1.07 bits per heavy atom. The van der Waals surface area contributed by atoms with E-state index in [1.54, 1.807) is 6.92 Å². The fourth-order valence-corrected chi connectivity index (χ4v) is 9.36. The Bertz CT molecular complexity index is 818. The van der Waals surface area contributed by atoms with Crippen molar-refractivity contribution in [3.05, 3.63) is 11.6 Å². The lowest BCUT2D eigenvalue weighted by Gasteiger charge is -2.61. The van der Waals surface area contributed by atoms with Gasteiger partial charge in [-0.25, -0.2) is 0 Å². The molecule has 3 saturated carbocycles. The minimum Gasteiger partial charge on any atom is -0.458 e. The van der Waals surface area contributed by atoms with Crippen LogP contribution in [0.5, 0.6) is 0 Å². The number of fused-ring (bicyclic) bond motifs is 6. The molecule has 0 amide bonds. The topological polar surface area (TPSA) is 60.4 Å². The lowest BCUT2D eigenvalue weighted by atomic mass is 9.46. The average molecular weight is 417 g/mol. The fourth-order valence-electron chi connectivity index (χ4n) is 8.13. The minimum absolute atomic E-state index is 0.0119. The molecule has 0 aromatic rings. The number of ketones is 1. The molecule has 0 bridgehead atoms. The number of carbonyl (C=O) groups is 3. The van der Waals surface area contributed by atoms with Gasteiger partial charge in [0.05, 0.1) is 0 Å². The number of allylic oxidation sites excluding steroid dienone is 1. The highest BCUT2D eigenvalue weighted by molar-refractivity contribution is 8.14. The molecule has 29 heavy (non-hydrogen) atoms. The lowest BCUT2D eigenvalue weighted by Crippen LogP contribution is -2.57. The van der Waals surface area contributed by atoms with Gasteiger partial charge in [-0.05, 0) is 74.2 Å². The monoisotopic (exact) mass is 416 g/mol. The Balaban J connectivity index is 1.56. The van der Waals surface area contributed by atoms with E-state index in [-0.39, 0.29) is 38.5 Å². The van der Waals surface area contributed by atoms with Gasteiger partial charge in [-0.3, -0.25) is 14.4 Å². The van der Waals surface area contributed by atoms with Crippen LogP contribution in [0.3, 0.4) is 0 Å². The molecule has 5 aliphatic rings. The van der Waals surface area contributed by atoms with Gasteiger partial charge in [-0.1, -0.05) is 31.2 Å². The van der Waals surface area contributed by atoms with Crippen molar-refractivity contribution in [1.29, 1.82) is 0 Å². The van der Waals surface area contributed by atoms with E-state index in [1.165, 1.54) is 17.3 Å². The number of hydrogen-bond donors (Lipinski definition) is 0. The van der Waals surface area contributed by atoms with Gasteiger partial charge in [-0.2, -0.15) is 0 Å². The van der Waals surface area contributed by atoms with Crippen molar-refractivity contribution in [2.24, 2.45) is 28.6 Å². The van der Waals surface area contributed by atoms with Crippen molar-refractivity contribution in [3.63, 3.8) is 0 Å². The van der Waals surface area contributed by atoms with Crippen molar-refractivity contribution in [2.75, 3.05) is 0 Å². The Kier molecular flexibility index (Phi) is 4.41. The van der Waals surface area contributed by atoms with E-state index in [0.29, 0.717) is 30.6 Å². The van der Waals surface area contributed by atoms with Crippen LogP contribution in [-0.2, 0) is 19.1 Å². The summed E-state index contributed by atoms with van der Waals surface area (Å²) in [5, 5.41) is 0.409. The highest BCUT2D eigenvalue weighted by Crippen LogP contribution is 2.70. The van der Waals surface area contributed by atoms with Crippen molar-refractivity contribution in [2.45, 2.75) is 89.4 Å². The van der Waals surface area contributed by atoms with Gasteiger partial charge in [-0.15, -0.1) is 0 Å². The molecular formula is C24H32O4S. The molecule has 0 aromatic heterocycles. The van der Waals surface area contributed by atoms with Crippen LogP contribution in [0.1, 0.15) is 78.6 Å². The zero-order valence-corrected chi connectivity index (χ0v) is 18.6. The summed E-state index contributed by atoms with van der Waals surface area (Å²) in [6.07, 6.45) is 10.0. The first-order valence-electron chi connectivity index (χ1n) is 11.3. The Labute approximate surface area is 177 Å². The molecule has 4 aliphatic carbocycles. The number of thioether (sulfide) groups is 1. The second-order valence-electron chi connectivity index (χ2n) is 10.7. The molecule has 5 rings (SSSR count). The van der Waals surface area contributed by atoms with E-state index in [2.05, 4.69) is 13.8 Å². The zero-order chi connectivity index (χ0) is 20.6. The van der Waals surface area contributed by atoms with Crippen molar-refractivity contribution < 1.29 is 19.1 Å². The van der Waals surface area contributed by atoms with Crippen LogP contribution in [0, 0.1) is 28.6 Å². The quantitative estimate of drug-likeness (QED) is 0.572. The molecule has 158 valence electrons. The Hall–Kier alpha value is -1.10. The maximum absolute atomic E-state index is 12.2. The third-order valence-corrected chi connectivity index (χ3v) is 10.7.